The summed E-state index contributed by atoms with van der Waals surface area (Å²) in [5.41, 5.74) is 1.84. The number of thioether (sulfide) groups is 1. The smallest absolute Gasteiger partial charge is 0.224 e. The van der Waals surface area contributed by atoms with Crippen LogP contribution in [0.1, 0.15) is 22.9 Å². The van der Waals surface area contributed by atoms with Gasteiger partial charge in [-0.15, -0.1) is 11.8 Å². The number of aromatic hydroxyl groups is 1. The third-order valence-electron chi connectivity index (χ3n) is 4.47. The Morgan fingerprint density at radius 1 is 1.11 bits per heavy atom. The molecule has 1 saturated heterocycles. The molecule has 3 rings (SSSR count). The quantitative estimate of drug-likeness (QED) is 0.814. The monoisotopic (exact) mass is 389 g/mol. The second kappa shape index (κ2) is 8.43. The number of carbonyl (C=O) groups excluding carboxylic acids is 1. The molecule has 0 saturated carbocycles. The number of benzene rings is 2. The van der Waals surface area contributed by atoms with Gasteiger partial charge in [0.25, 0.3) is 0 Å². The van der Waals surface area contributed by atoms with Crippen LogP contribution in [0.25, 0.3) is 0 Å². The minimum atomic E-state index is -0.194. The van der Waals surface area contributed by atoms with Crippen molar-refractivity contribution in [1.82, 2.24) is 4.90 Å². The molecule has 1 heterocycles. The highest BCUT2D eigenvalue weighted by atomic mass is 32.2. The zero-order chi connectivity index (χ0) is 19.4. The molecule has 1 amide bonds. The van der Waals surface area contributed by atoms with Crippen molar-refractivity contribution in [2.75, 3.05) is 27.1 Å². The number of hydrogen-bond acceptors (Lipinski definition) is 6. The fourth-order valence-electron chi connectivity index (χ4n) is 3.09. The molecule has 0 radical (unpaired) electrons. The van der Waals surface area contributed by atoms with Crippen LogP contribution in [0.2, 0.25) is 0 Å². The molecule has 1 atom stereocenters. The second-order valence-corrected chi connectivity index (χ2v) is 7.31. The standard InChI is InChI=1S/C20H23NO5S/c1-24-15-6-4-5-13(9-15)12-21-18(22)7-8-27-20(21)14-10-16(25-2)19(23)17(11-14)26-3/h4-6,9-11,20,23H,7-8,12H2,1-3H3. The van der Waals surface area contributed by atoms with Gasteiger partial charge in [-0.05, 0) is 35.4 Å². The molecule has 0 aliphatic carbocycles. The van der Waals surface area contributed by atoms with Gasteiger partial charge in [-0.2, -0.15) is 0 Å². The van der Waals surface area contributed by atoms with Gasteiger partial charge in [0.1, 0.15) is 11.1 Å². The summed E-state index contributed by atoms with van der Waals surface area (Å²) >= 11 is 1.68. The van der Waals surface area contributed by atoms with Gasteiger partial charge in [-0.1, -0.05) is 12.1 Å². The number of rotatable bonds is 6. The van der Waals surface area contributed by atoms with Gasteiger partial charge in [0.15, 0.2) is 11.5 Å². The van der Waals surface area contributed by atoms with Gasteiger partial charge in [-0.3, -0.25) is 4.79 Å². The average molecular weight is 389 g/mol. The van der Waals surface area contributed by atoms with Crippen molar-refractivity contribution in [3.8, 4) is 23.0 Å². The molecule has 0 spiro atoms. The van der Waals surface area contributed by atoms with Gasteiger partial charge in [-0.25, -0.2) is 0 Å². The predicted molar refractivity (Wildman–Crippen MR) is 105 cm³/mol. The van der Waals surface area contributed by atoms with Crippen LogP contribution < -0.4 is 14.2 Å². The zero-order valence-electron chi connectivity index (χ0n) is 15.6. The minimum absolute atomic E-state index is 0.0461. The van der Waals surface area contributed by atoms with E-state index in [0.717, 1.165) is 22.6 Å². The van der Waals surface area contributed by atoms with E-state index in [-0.39, 0.29) is 17.0 Å². The normalized spacial score (nSPS) is 16.9. The number of hydrogen-bond donors (Lipinski definition) is 1. The third kappa shape index (κ3) is 4.08. The van der Waals surface area contributed by atoms with Gasteiger partial charge in [0, 0.05) is 18.7 Å². The van der Waals surface area contributed by atoms with Gasteiger partial charge < -0.3 is 24.2 Å². The lowest BCUT2D eigenvalue weighted by Gasteiger charge is -2.36. The number of phenols is 1. The first-order valence-electron chi connectivity index (χ1n) is 8.56. The minimum Gasteiger partial charge on any atom is -0.502 e. The highest BCUT2D eigenvalue weighted by Gasteiger charge is 2.31. The first-order valence-corrected chi connectivity index (χ1v) is 9.61. The Balaban J connectivity index is 1.95. The van der Waals surface area contributed by atoms with Crippen LogP contribution in [-0.2, 0) is 11.3 Å². The van der Waals surface area contributed by atoms with E-state index in [1.165, 1.54) is 14.2 Å². The van der Waals surface area contributed by atoms with Crippen molar-refractivity contribution in [1.29, 1.82) is 0 Å². The van der Waals surface area contributed by atoms with E-state index in [2.05, 4.69) is 0 Å². The lowest BCUT2D eigenvalue weighted by molar-refractivity contribution is -0.132. The van der Waals surface area contributed by atoms with E-state index in [4.69, 9.17) is 14.2 Å². The van der Waals surface area contributed by atoms with E-state index < -0.39 is 0 Å². The fourth-order valence-corrected chi connectivity index (χ4v) is 4.31. The summed E-state index contributed by atoms with van der Waals surface area (Å²) in [6, 6.07) is 11.2. The van der Waals surface area contributed by atoms with Crippen molar-refractivity contribution in [3.05, 3.63) is 47.5 Å². The molecule has 0 bridgehead atoms. The van der Waals surface area contributed by atoms with E-state index in [9.17, 15) is 9.90 Å². The number of amides is 1. The van der Waals surface area contributed by atoms with Crippen molar-refractivity contribution in [3.63, 3.8) is 0 Å². The summed E-state index contributed by atoms with van der Waals surface area (Å²) in [5.74, 6) is 2.19. The zero-order valence-corrected chi connectivity index (χ0v) is 16.4. The molecule has 1 aliphatic rings. The number of methoxy groups -OCH3 is 3. The Hall–Kier alpha value is -2.54. The molecule has 27 heavy (non-hydrogen) atoms. The maximum absolute atomic E-state index is 12.7. The van der Waals surface area contributed by atoms with Crippen LogP contribution in [0.15, 0.2) is 36.4 Å². The predicted octanol–water partition coefficient (Wildman–Crippen LogP) is 3.58. The molecule has 1 N–H and O–H groups in total. The molecule has 1 fully saturated rings. The lowest BCUT2D eigenvalue weighted by atomic mass is 10.1. The SMILES string of the molecule is COc1cccc(CN2C(=O)CCSC2c2cc(OC)c(O)c(OC)c2)c1. The van der Waals surface area contributed by atoms with Crippen LogP contribution >= 0.6 is 11.8 Å². The molecule has 0 aromatic heterocycles. The van der Waals surface area contributed by atoms with Gasteiger partial charge >= 0.3 is 0 Å². The van der Waals surface area contributed by atoms with E-state index >= 15 is 0 Å². The maximum atomic E-state index is 12.7. The van der Waals surface area contributed by atoms with Crippen LogP contribution in [0, 0.1) is 0 Å². The molecular formula is C20H23NO5S. The Morgan fingerprint density at radius 2 is 1.81 bits per heavy atom. The summed E-state index contributed by atoms with van der Waals surface area (Å²) < 4.78 is 15.8. The van der Waals surface area contributed by atoms with Crippen molar-refractivity contribution in [2.24, 2.45) is 0 Å². The van der Waals surface area contributed by atoms with Crippen LogP contribution in [-0.4, -0.2) is 43.0 Å². The molecule has 2 aromatic carbocycles. The number of ether oxygens (including phenoxy) is 3. The molecule has 6 nitrogen and oxygen atoms in total. The van der Waals surface area contributed by atoms with E-state index in [0.29, 0.717) is 24.5 Å². The summed E-state index contributed by atoms with van der Waals surface area (Å²) in [5, 5.41) is 9.98. The van der Waals surface area contributed by atoms with Crippen LogP contribution in [0.4, 0.5) is 0 Å². The third-order valence-corrected chi connectivity index (χ3v) is 5.75. The largest absolute Gasteiger partial charge is 0.502 e. The number of nitrogens with zero attached hydrogens (tertiary/aromatic N) is 1. The molecule has 1 unspecified atom stereocenters. The Labute approximate surface area is 163 Å². The molecule has 1 aliphatic heterocycles. The Morgan fingerprint density at radius 3 is 2.44 bits per heavy atom. The molecule has 7 heteroatoms. The van der Waals surface area contributed by atoms with Crippen LogP contribution in [0.5, 0.6) is 23.0 Å². The van der Waals surface area contributed by atoms with E-state index in [1.54, 1.807) is 31.0 Å². The molecule has 144 valence electrons. The van der Waals surface area contributed by atoms with Crippen molar-refractivity contribution in [2.45, 2.75) is 18.3 Å². The first kappa shape index (κ1) is 19.2. The van der Waals surface area contributed by atoms with Gasteiger partial charge in [0.05, 0.1) is 21.3 Å². The maximum Gasteiger partial charge on any atom is 0.224 e. The fraction of sp³-hybridized carbons (Fsp3) is 0.350. The molecular weight excluding hydrogens is 366 g/mol. The average Bonchev–Trinajstić information content (AvgIpc) is 2.70. The molecule has 2 aromatic rings. The summed E-state index contributed by atoms with van der Waals surface area (Å²) in [6.07, 6.45) is 0.498. The summed E-state index contributed by atoms with van der Waals surface area (Å²) in [6.45, 7) is 0.471. The highest BCUT2D eigenvalue weighted by molar-refractivity contribution is 7.99. The Bertz CT molecular complexity index is 801. The van der Waals surface area contributed by atoms with Gasteiger partial charge in [0.2, 0.25) is 11.7 Å². The summed E-state index contributed by atoms with van der Waals surface area (Å²) in [7, 11) is 4.61. The topological polar surface area (TPSA) is 68.2 Å². The second-order valence-electron chi connectivity index (χ2n) is 6.12. The van der Waals surface area contributed by atoms with Crippen LogP contribution in [0.3, 0.4) is 0 Å². The number of phenolic OH excluding ortho intramolecular Hbond substituents is 1. The number of carbonyl (C=O) groups is 1. The lowest BCUT2D eigenvalue weighted by Crippen LogP contribution is -2.36. The highest BCUT2D eigenvalue weighted by Crippen LogP contribution is 2.45. The van der Waals surface area contributed by atoms with E-state index in [1.807, 2.05) is 29.2 Å². The Kier molecular flexibility index (Phi) is 6.01. The van der Waals surface area contributed by atoms with Crippen molar-refractivity contribution < 1.29 is 24.1 Å². The summed E-state index contributed by atoms with van der Waals surface area (Å²) in [4.78, 5) is 14.5. The van der Waals surface area contributed by atoms with Crippen molar-refractivity contribution >= 4 is 17.7 Å². The first-order chi connectivity index (χ1) is 13.1.